The quantitative estimate of drug-likeness (QED) is 0.680. The molecule has 20 heavy (non-hydrogen) atoms. The highest BCUT2D eigenvalue weighted by molar-refractivity contribution is 8.02. The molecule has 1 aromatic rings. The summed E-state index contributed by atoms with van der Waals surface area (Å²) in [5.74, 6) is -0.506. The van der Waals surface area contributed by atoms with Crippen LogP contribution in [-0.2, 0) is 4.79 Å². The zero-order chi connectivity index (χ0) is 14.7. The molecule has 1 N–H and O–H groups in total. The summed E-state index contributed by atoms with van der Waals surface area (Å²) in [4.78, 5) is 21.8. The Kier molecular flexibility index (Phi) is 4.05. The van der Waals surface area contributed by atoms with Crippen molar-refractivity contribution in [3.8, 4) is 6.07 Å². The summed E-state index contributed by atoms with van der Waals surface area (Å²) in [5.41, 5.74) is 1.21. The molecule has 102 valence electrons. The van der Waals surface area contributed by atoms with Gasteiger partial charge in [0.15, 0.2) is 0 Å². The lowest BCUT2D eigenvalue weighted by Crippen LogP contribution is -2.30. The zero-order valence-corrected chi connectivity index (χ0v) is 11.4. The Morgan fingerprint density at radius 2 is 2.10 bits per heavy atom. The fraction of sp³-hybridized carbons (Fsp3) is 0.231. The molecule has 1 heterocycles. The number of hydrogen-bond acceptors (Lipinski definition) is 5. The van der Waals surface area contributed by atoms with Crippen LogP contribution in [0.3, 0.4) is 0 Å². The average Bonchev–Trinajstić information content (AvgIpc) is 2.46. The number of non-ortho nitro benzene ring substituents is 1. The molecular formula is C13H11N3O3S. The number of nitrogens with zero attached hydrogens (tertiary/aromatic N) is 2. The summed E-state index contributed by atoms with van der Waals surface area (Å²) in [6, 6.07) is 8.08. The summed E-state index contributed by atoms with van der Waals surface area (Å²) in [7, 11) is 0. The molecule has 1 aliphatic heterocycles. The van der Waals surface area contributed by atoms with E-state index in [1.165, 1.54) is 23.9 Å². The van der Waals surface area contributed by atoms with Crippen molar-refractivity contribution in [2.75, 3.05) is 6.26 Å². The van der Waals surface area contributed by atoms with Crippen LogP contribution >= 0.6 is 11.8 Å². The summed E-state index contributed by atoms with van der Waals surface area (Å²) in [6.45, 7) is 0. The molecule has 0 bridgehead atoms. The Morgan fingerprint density at radius 1 is 1.45 bits per heavy atom. The van der Waals surface area contributed by atoms with E-state index < -0.39 is 4.92 Å². The second-order valence-electron chi connectivity index (χ2n) is 4.21. The summed E-state index contributed by atoms with van der Waals surface area (Å²) >= 11 is 1.31. The minimum atomic E-state index is -0.480. The third-order valence-corrected chi connectivity index (χ3v) is 3.80. The van der Waals surface area contributed by atoms with Gasteiger partial charge in [-0.15, -0.1) is 11.8 Å². The van der Waals surface area contributed by atoms with Crippen molar-refractivity contribution in [3.05, 3.63) is 50.5 Å². The lowest BCUT2D eigenvalue weighted by atomic mass is 9.87. The summed E-state index contributed by atoms with van der Waals surface area (Å²) in [6.07, 6.45) is 1.95. The Balaban J connectivity index is 2.42. The smallest absolute Gasteiger partial charge is 0.269 e. The van der Waals surface area contributed by atoms with Gasteiger partial charge in [0.25, 0.3) is 5.69 Å². The first-order valence-corrected chi connectivity index (χ1v) is 7.01. The van der Waals surface area contributed by atoms with Gasteiger partial charge >= 0.3 is 0 Å². The van der Waals surface area contributed by atoms with Gasteiger partial charge in [0.2, 0.25) is 5.91 Å². The Labute approximate surface area is 119 Å². The van der Waals surface area contributed by atoms with Gasteiger partial charge in [-0.05, 0) is 11.8 Å². The number of nitrogens with one attached hydrogen (secondary N) is 1. The lowest BCUT2D eigenvalue weighted by Gasteiger charge is -2.24. The molecule has 0 aromatic heterocycles. The zero-order valence-electron chi connectivity index (χ0n) is 10.6. The Hall–Kier alpha value is -2.33. The fourth-order valence-corrected chi connectivity index (χ4v) is 2.72. The minimum absolute atomic E-state index is 0.0124. The van der Waals surface area contributed by atoms with E-state index in [-0.39, 0.29) is 23.9 Å². The lowest BCUT2D eigenvalue weighted by molar-refractivity contribution is -0.384. The molecule has 6 nitrogen and oxygen atoms in total. The molecule has 1 aliphatic rings. The first-order valence-electron chi connectivity index (χ1n) is 5.79. The third-order valence-electron chi connectivity index (χ3n) is 3.07. The van der Waals surface area contributed by atoms with E-state index in [1.54, 1.807) is 18.4 Å². The summed E-state index contributed by atoms with van der Waals surface area (Å²) in [5, 5.41) is 23.1. The number of allylic oxidation sites excluding steroid dienone is 1. The molecule has 0 saturated heterocycles. The predicted octanol–water partition coefficient (Wildman–Crippen LogP) is 2.30. The Morgan fingerprint density at radius 3 is 2.60 bits per heavy atom. The number of carbonyl (C=O) groups excluding carboxylic acids is 1. The van der Waals surface area contributed by atoms with Crippen LogP contribution in [0.4, 0.5) is 5.69 Å². The van der Waals surface area contributed by atoms with Gasteiger partial charge in [0, 0.05) is 24.5 Å². The standard InChI is InChI=1S/C13H11N3O3S/c1-20-13-11(7-14)10(6-12(17)15-13)8-2-4-9(5-3-8)16(18)19/h2-5,10H,6H2,1H3,(H,15,17)/t10-/m0/s1. The molecule has 1 atom stereocenters. The topological polar surface area (TPSA) is 96.0 Å². The van der Waals surface area contributed by atoms with Crippen molar-refractivity contribution in [1.29, 1.82) is 5.26 Å². The molecule has 0 spiro atoms. The van der Waals surface area contributed by atoms with Crippen LogP contribution in [0, 0.1) is 21.4 Å². The first kappa shape index (κ1) is 14.1. The van der Waals surface area contributed by atoms with Gasteiger partial charge in [0.1, 0.15) is 0 Å². The highest BCUT2D eigenvalue weighted by Gasteiger charge is 2.29. The molecule has 0 aliphatic carbocycles. The highest BCUT2D eigenvalue weighted by Crippen LogP contribution is 2.35. The van der Waals surface area contributed by atoms with Crippen molar-refractivity contribution in [2.24, 2.45) is 0 Å². The van der Waals surface area contributed by atoms with Crippen LogP contribution in [0.1, 0.15) is 17.9 Å². The van der Waals surface area contributed by atoms with Crippen LogP contribution in [-0.4, -0.2) is 17.1 Å². The molecule has 7 heteroatoms. The number of thioether (sulfide) groups is 1. The van der Waals surface area contributed by atoms with Crippen LogP contribution in [0.5, 0.6) is 0 Å². The number of rotatable bonds is 3. The van der Waals surface area contributed by atoms with Gasteiger partial charge in [-0.1, -0.05) is 12.1 Å². The number of benzene rings is 1. The predicted molar refractivity (Wildman–Crippen MR) is 74.8 cm³/mol. The first-order chi connectivity index (χ1) is 9.56. The van der Waals surface area contributed by atoms with Crippen LogP contribution in [0.2, 0.25) is 0 Å². The largest absolute Gasteiger partial charge is 0.320 e. The van der Waals surface area contributed by atoms with Crippen molar-refractivity contribution in [3.63, 3.8) is 0 Å². The number of amides is 1. The van der Waals surface area contributed by atoms with Gasteiger partial charge in [0.05, 0.1) is 21.6 Å². The third kappa shape index (κ3) is 2.65. The molecule has 2 rings (SSSR count). The van der Waals surface area contributed by atoms with Crippen LogP contribution in [0.15, 0.2) is 34.9 Å². The van der Waals surface area contributed by atoms with Crippen molar-refractivity contribution in [1.82, 2.24) is 5.32 Å². The summed E-state index contributed by atoms with van der Waals surface area (Å²) < 4.78 is 0. The van der Waals surface area contributed by atoms with Crippen molar-refractivity contribution < 1.29 is 9.72 Å². The second kappa shape index (κ2) is 5.75. The number of nitro groups is 1. The van der Waals surface area contributed by atoms with E-state index in [0.717, 1.165) is 5.56 Å². The van der Waals surface area contributed by atoms with Crippen LogP contribution in [0.25, 0.3) is 0 Å². The van der Waals surface area contributed by atoms with Gasteiger partial charge in [-0.2, -0.15) is 5.26 Å². The monoisotopic (exact) mass is 289 g/mol. The molecular weight excluding hydrogens is 278 g/mol. The average molecular weight is 289 g/mol. The van der Waals surface area contributed by atoms with Crippen molar-refractivity contribution in [2.45, 2.75) is 12.3 Å². The molecule has 0 fully saturated rings. The van der Waals surface area contributed by atoms with E-state index in [4.69, 9.17) is 0 Å². The number of carbonyl (C=O) groups is 1. The highest BCUT2D eigenvalue weighted by atomic mass is 32.2. The van der Waals surface area contributed by atoms with Gasteiger partial charge < -0.3 is 5.32 Å². The van der Waals surface area contributed by atoms with E-state index >= 15 is 0 Å². The minimum Gasteiger partial charge on any atom is -0.320 e. The molecule has 1 aromatic carbocycles. The van der Waals surface area contributed by atoms with Gasteiger partial charge in [-0.25, -0.2) is 0 Å². The molecule has 0 unspecified atom stereocenters. The van der Waals surface area contributed by atoms with Crippen molar-refractivity contribution >= 4 is 23.4 Å². The van der Waals surface area contributed by atoms with E-state index in [0.29, 0.717) is 10.6 Å². The SMILES string of the molecule is CSC1=C(C#N)[C@H](c2ccc([N+](=O)[O-])cc2)CC(=O)N1. The maximum atomic E-state index is 11.7. The molecule has 1 amide bonds. The fourth-order valence-electron chi connectivity index (χ4n) is 2.09. The van der Waals surface area contributed by atoms with Gasteiger partial charge in [-0.3, -0.25) is 14.9 Å². The number of nitro benzene ring substituents is 1. The van der Waals surface area contributed by atoms with Crippen LogP contribution < -0.4 is 5.32 Å². The second-order valence-corrected chi connectivity index (χ2v) is 5.03. The maximum absolute atomic E-state index is 11.7. The van der Waals surface area contributed by atoms with E-state index in [2.05, 4.69) is 11.4 Å². The normalized spacial score (nSPS) is 18.4. The Bertz CT molecular complexity index is 631. The van der Waals surface area contributed by atoms with E-state index in [1.807, 2.05) is 0 Å². The molecule has 0 radical (unpaired) electrons. The maximum Gasteiger partial charge on any atom is 0.269 e. The number of hydrogen-bond donors (Lipinski definition) is 1. The molecule has 0 saturated carbocycles. The number of nitriles is 1. The van der Waals surface area contributed by atoms with E-state index in [9.17, 15) is 20.2 Å².